The average Bonchev–Trinajstić information content (AvgIpc) is 2.90. The highest BCUT2D eigenvalue weighted by molar-refractivity contribution is 7.97. The van der Waals surface area contributed by atoms with Crippen LogP contribution in [0.2, 0.25) is 0 Å². The highest BCUT2D eigenvalue weighted by Crippen LogP contribution is 2.23. The summed E-state index contributed by atoms with van der Waals surface area (Å²) in [4.78, 5) is 4.35. The number of hydrogen-bond donors (Lipinski definition) is 1. The Kier molecular flexibility index (Phi) is 5.14. The molecule has 6 heteroatoms. The van der Waals surface area contributed by atoms with E-state index in [1.807, 2.05) is 20.2 Å². The molecule has 0 aliphatic rings. The molecule has 1 aromatic carbocycles. The molecule has 20 heavy (non-hydrogen) atoms. The van der Waals surface area contributed by atoms with Gasteiger partial charge in [0.1, 0.15) is 5.82 Å². The fraction of sp³-hybridized carbons (Fsp3) is 0.429. The Bertz CT molecular complexity index is 573. The van der Waals surface area contributed by atoms with Gasteiger partial charge in [-0.05, 0) is 44.0 Å². The lowest BCUT2D eigenvalue weighted by Crippen LogP contribution is -2.24. The molecule has 1 aromatic heterocycles. The third kappa shape index (κ3) is 3.58. The van der Waals surface area contributed by atoms with Gasteiger partial charge in [-0.3, -0.25) is 0 Å². The van der Waals surface area contributed by atoms with Crippen LogP contribution in [-0.4, -0.2) is 29.5 Å². The van der Waals surface area contributed by atoms with Gasteiger partial charge in [0.15, 0.2) is 5.82 Å². The number of thioether (sulfide) groups is 1. The van der Waals surface area contributed by atoms with Crippen molar-refractivity contribution in [2.24, 2.45) is 0 Å². The number of rotatable bonds is 6. The van der Waals surface area contributed by atoms with Crippen molar-refractivity contribution in [1.29, 1.82) is 0 Å². The number of aromatic nitrogens is 2. The van der Waals surface area contributed by atoms with Gasteiger partial charge < -0.3 is 9.84 Å². The van der Waals surface area contributed by atoms with Crippen molar-refractivity contribution in [3.63, 3.8) is 0 Å². The first kappa shape index (κ1) is 15.0. The van der Waals surface area contributed by atoms with E-state index < -0.39 is 0 Å². The quantitative estimate of drug-likeness (QED) is 0.888. The molecular formula is C14H18FN3OS. The van der Waals surface area contributed by atoms with E-state index in [1.165, 1.54) is 6.07 Å². The molecule has 108 valence electrons. The van der Waals surface area contributed by atoms with Crippen LogP contribution in [0.3, 0.4) is 0 Å². The lowest BCUT2D eigenvalue weighted by atomic mass is 10.1. The van der Waals surface area contributed by atoms with E-state index in [0.717, 1.165) is 5.56 Å². The predicted octanol–water partition coefficient (Wildman–Crippen LogP) is 2.89. The molecule has 0 amide bonds. The number of likely N-dealkylation sites (N-methyl/N-ethyl adjacent to an activating group) is 1. The van der Waals surface area contributed by atoms with Gasteiger partial charge in [-0.2, -0.15) is 16.7 Å². The molecule has 0 saturated carbocycles. The molecule has 1 N–H and O–H groups in total. The van der Waals surface area contributed by atoms with Gasteiger partial charge in [0, 0.05) is 23.8 Å². The minimum Gasteiger partial charge on any atom is -0.334 e. The fourth-order valence-electron chi connectivity index (χ4n) is 1.80. The molecule has 2 rings (SSSR count). The Balaban J connectivity index is 2.21. The zero-order chi connectivity index (χ0) is 14.5. The number of benzene rings is 1. The second-order valence-corrected chi connectivity index (χ2v) is 5.51. The number of hydrogen-bond acceptors (Lipinski definition) is 5. The van der Waals surface area contributed by atoms with Gasteiger partial charge in [0.2, 0.25) is 0 Å². The lowest BCUT2D eigenvalue weighted by molar-refractivity contribution is 0.418. The van der Waals surface area contributed by atoms with Gasteiger partial charge in [0.05, 0.1) is 0 Å². The van der Waals surface area contributed by atoms with Crippen molar-refractivity contribution >= 4 is 11.8 Å². The second kappa shape index (κ2) is 6.85. The van der Waals surface area contributed by atoms with E-state index in [0.29, 0.717) is 29.5 Å². The van der Waals surface area contributed by atoms with Crippen LogP contribution >= 0.6 is 11.8 Å². The van der Waals surface area contributed by atoms with Crippen LogP contribution in [0.25, 0.3) is 11.5 Å². The summed E-state index contributed by atoms with van der Waals surface area (Å²) in [5, 5.41) is 7.08. The molecule has 0 spiro atoms. The summed E-state index contributed by atoms with van der Waals surface area (Å²) in [5.41, 5.74) is 1.41. The van der Waals surface area contributed by atoms with Crippen LogP contribution in [0.1, 0.15) is 18.3 Å². The maximum absolute atomic E-state index is 13.6. The maximum Gasteiger partial charge on any atom is 0.257 e. The van der Waals surface area contributed by atoms with Gasteiger partial charge in [-0.1, -0.05) is 5.16 Å². The molecule has 0 bridgehead atoms. The van der Waals surface area contributed by atoms with E-state index in [-0.39, 0.29) is 11.9 Å². The van der Waals surface area contributed by atoms with E-state index >= 15 is 0 Å². The molecule has 4 nitrogen and oxygen atoms in total. The Labute approximate surface area is 122 Å². The zero-order valence-electron chi connectivity index (χ0n) is 11.8. The number of halogens is 1. The summed E-state index contributed by atoms with van der Waals surface area (Å²) in [5.74, 6) is 1.51. The van der Waals surface area contributed by atoms with E-state index in [9.17, 15) is 4.39 Å². The minimum atomic E-state index is -0.202. The van der Waals surface area contributed by atoms with Crippen LogP contribution in [-0.2, 0) is 12.2 Å². The molecule has 1 atom stereocenters. The Morgan fingerprint density at radius 3 is 2.95 bits per heavy atom. The van der Waals surface area contributed by atoms with Crippen molar-refractivity contribution < 1.29 is 8.91 Å². The standard InChI is InChI=1S/C14H18FN3OS/c1-9(16-2)6-13-17-14(19-18-13)10-4-5-12(15)11(7-10)8-20-3/h4-5,7,9,16H,6,8H2,1-3H3. The number of nitrogens with zero attached hydrogens (tertiary/aromatic N) is 2. The van der Waals surface area contributed by atoms with Crippen molar-refractivity contribution in [3.8, 4) is 11.5 Å². The Morgan fingerprint density at radius 1 is 1.45 bits per heavy atom. The summed E-state index contributed by atoms with van der Waals surface area (Å²) >= 11 is 1.57. The van der Waals surface area contributed by atoms with Gasteiger partial charge in [-0.25, -0.2) is 4.39 Å². The van der Waals surface area contributed by atoms with Crippen molar-refractivity contribution in [1.82, 2.24) is 15.5 Å². The summed E-state index contributed by atoms with van der Waals surface area (Å²) in [6.45, 7) is 2.05. The molecule has 0 saturated heterocycles. The van der Waals surface area contributed by atoms with Gasteiger partial charge >= 0.3 is 0 Å². The molecule has 0 aliphatic carbocycles. The van der Waals surface area contributed by atoms with Crippen molar-refractivity contribution in [2.75, 3.05) is 13.3 Å². The third-order valence-corrected chi connectivity index (χ3v) is 3.64. The molecule has 0 fully saturated rings. The normalized spacial score (nSPS) is 12.6. The second-order valence-electron chi connectivity index (χ2n) is 4.65. The van der Waals surface area contributed by atoms with Crippen LogP contribution in [0.4, 0.5) is 4.39 Å². The average molecular weight is 295 g/mol. The first-order valence-electron chi connectivity index (χ1n) is 6.41. The molecule has 2 aromatic rings. The van der Waals surface area contributed by atoms with E-state index in [2.05, 4.69) is 15.5 Å². The van der Waals surface area contributed by atoms with E-state index in [4.69, 9.17) is 4.52 Å². The molecule has 1 unspecified atom stereocenters. The van der Waals surface area contributed by atoms with Crippen LogP contribution in [0.5, 0.6) is 0 Å². The highest BCUT2D eigenvalue weighted by atomic mass is 32.2. The lowest BCUT2D eigenvalue weighted by Gasteiger charge is -2.04. The fourth-order valence-corrected chi connectivity index (χ4v) is 2.34. The third-order valence-electron chi connectivity index (χ3n) is 3.04. The summed E-state index contributed by atoms with van der Waals surface area (Å²) in [6.07, 6.45) is 2.63. The van der Waals surface area contributed by atoms with Crippen LogP contribution in [0, 0.1) is 5.82 Å². The van der Waals surface area contributed by atoms with Gasteiger partial charge in [-0.15, -0.1) is 0 Å². The molecule has 1 heterocycles. The first-order valence-corrected chi connectivity index (χ1v) is 7.81. The summed E-state index contributed by atoms with van der Waals surface area (Å²) < 4.78 is 18.9. The molecule has 0 aliphatic heterocycles. The molecule has 0 radical (unpaired) electrons. The highest BCUT2D eigenvalue weighted by Gasteiger charge is 2.13. The topological polar surface area (TPSA) is 51.0 Å². The van der Waals surface area contributed by atoms with Crippen LogP contribution < -0.4 is 5.32 Å². The summed E-state index contributed by atoms with van der Waals surface area (Å²) in [6, 6.07) is 5.16. The first-order chi connectivity index (χ1) is 9.63. The minimum absolute atomic E-state index is 0.202. The van der Waals surface area contributed by atoms with Crippen LogP contribution in [0.15, 0.2) is 22.7 Å². The zero-order valence-corrected chi connectivity index (χ0v) is 12.6. The SMILES string of the molecule is CNC(C)Cc1noc(-c2ccc(F)c(CSC)c2)n1. The number of nitrogens with one attached hydrogen (secondary N) is 1. The Hall–Kier alpha value is -1.40. The van der Waals surface area contributed by atoms with E-state index in [1.54, 1.807) is 23.9 Å². The predicted molar refractivity (Wildman–Crippen MR) is 79.1 cm³/mol. The largest absolute Gasteiger partial charge is 0.334 e. The summed E-state index contributed by atoms with van der Waals surface area (Å²) in [7, 11) is 1.89. The monoisotopic (exact) mass is 295 g/mol. The Morgan fingerprint density at radius 2 is 2.25 bits per heavy atom. The van der Waals surface area contributed by atoms with Crippen molar-refractivity contribution in [3.05, 3.63) is 35.4 Å². The van der Waals surface area contributed by atoms with Crippen molar-refractivity contribution in [2.45, 2.75) is 25.1 Å². The van der Waals surface area contributed by atoms with Gasteiger partial charge in [0.25, 0.3) is 5.89 Å². The molecular weight excluding hydrogens is 277 g/mol. The smallest absolute Gasteiger partial charge is 0.257 e. The maximum atomic E-state index is 13.6.